The lowest BCUT2D eigenvalue weighted by molar-refractivity contribution is 0.146. The van der Waals surface area contributed by atoms with Gasteiger partial charge < -0.3 is 5.32 Å². The van der Waals surface area contributed by atoms with Crippen molar-refractivity contribution in [2.24, 2.45) is 0 Å². The quantitative estimate of drug-likeness (QED) is 0.903. The van der Waals surface area contributed by atoms with Crippen molar-refractivity contribution in [3.63, 3.8) is 0 Å². The smallest absolute Gasteiger partial charge is 0.280 e. The van der Waals surface area contributed by atoms with E-state index in [9.17, 15) is 8.78 Å². The summed E-state index contributed by atoms with van der Waals surface area (Å²) in [5.74, 6) is 0. The summed E-state index contributed by atoms with van der Waals surface area (Å²) in [5.41, 5.74) is 0.981. The maximum Gasteiger partial charge on any atom is 0.280 e. The van der Waals surface area contributed by atoms with Crippen molar-refractivity contribution in [2.75, 3.05) is 12.4 Å². The van der Waals surface area contributed by atoms with Crippen LogP contribution in [-0.2, 0) is 0 Å². The fraction of sp³-hybridized carbons (Fsp3) is 0.182. The van der Waals surface area contributed by atoms with Crippen molar-refractivity contribution < 1.29 is 8.78 Å². The summed E-state index contributed by atoms with van der Waals surface area (Å²) in [6, 6.07) is 6.84. The first kappa shape index (κ1) is 11.3. The zero-order valence-corrected chi connectivity index (χ0v) is 10.1. The zero-order chi connectivity index (χ0) is 11.7. The van der Waals surface area contributed by atoms with Crippen LogP contribution in [0.4, 0.5) is 14.5 Å². The predicted molar refractivity (Wildman–Crippen MR) is 63.9 cm³/mol. The van der Waals surface area contributed by atoms with Crippen LogP contribution < -0.4 is 5.32 Å². The second kappa shape index (κ2) is 4.33. The minimum atomic E-state index is -2.57. The number of nitrogens with one attached hydrogen (secondary N) is 1. The molecule has 1 aromatic carbocycles. The largest absolute Gasteiger partial charge is 0.388 e. The number of para-hydroxylation sites is 1. The van der Waals surface area contributed by atoms with Crippen LogP contribution in [0.3, 0.4) is 0 Å². The Labute approximate surface area is 99.8 Å². The van der Waals surface area contributed by atoms with E-state index in [1.54, 1.807) is 13.1 Å². The van der Waals surface area contributed by atoms with Gasteiger partial charge in [0.2, 0.25) is 0 Å². The molecule has 1 heterocycles. The van der Waals surface area contributed by atoms with Crippen molar-refractivity contribution in [1.82, 2.24) is 4.98 Å². The summed E-state index contributed by atoms with van der Waals surface area (Å²) in [7, 11) is 1.70. The molecule has 0 spiro atoms. The second-order valence-electron chi connectivity index (χ2n) is 3.28. The number of pyridine rings is 1. The molecule has 0 fully saturated rings. The molecule has 2 rings (SSSR count). The van der Waals surface area contributed by atoms with E-state index in [4.69, 9.17) is 0 Å². The van der Waals surface area contributed by atoms with Gasteiger partial charge in [0.25, 0.3) is 6.43 Å². The first-order valence-electron chi connectivity index (χ1n) is 4.68. The van der Waals surface area contributed by atoms with Crippen molar-refractivity contribution in [3.05, 3.63) is 34.4 Å². The van der Waals surface area contributed by atoms with Gasteiger partial charge in [0.15, 0.2) is 0 Å². The molecule has 2 aromatic rings. The number of halogens is 3. The molecule has 0 aliphatic carbocycles. The topological polar surface area (TPSA) is 24.9 Å². The van der Waals surface area contributed by atoms with Gasteiger partial charge >= 0.3 is 0 Å². The number of alkyl halides is 2. The minimum absolute atomic E-state index is 0.219. The lowest BCUT2D eigenvalue weighted by atomic mass is 10.1. The number of hydrogen-bond acceptors (Lipinski definition) is 2. The van der Waals surface area contributed by atoms with Gasteiger partial charge in [-0.2, -0.15) is 0 Å². The monoisotopic (exact) mass is 286 g/mol. The Kier molecular flexibility index (Phi) is 3.05. The van der Waals surface area contributed by atoms with Gasteiger partial charge in [0.05, 0.1) is 5.52 Å². The molecule has 0 saturated carbocycles. The minimum Gasteiger partial charge on any atom is -0.388 e. The van der Waals surface area contributed by atoms with Crippen LogP contribution in [0.5, 0.6) is 0 Å². The molecule has 0 unspecified atom stereocenters. The Morgan fingerprint density at radius 1 is 1.38 bits per heavy atom. The molecule has 5 heteroatoms. The number of anilines is 1. The first-order chi connectivity index (χ1) is 7.63. The molecule has 0 bridgehead atoms. The second-order valence-corrected chi connectivity index (χ2v) is 4.14. The highest BCUT2D eigenvalue weighted by molar-refractivity contribution is 9.10. The molecule has 0 amide bonds. The van der Waals surface area contributed by atoms with Crippen molar-refractivity contribution in [1.29, 1.82) is 0 Å². The lowest BCUT2D eigenvalue weighted by Crippen LogP contribution is -1.97. The fourth-order valence-corrected chi connectivity index (χ4v) is 2.01. The van der Waals surface area contributed by atoms with Gasteiger partial charge in [-0.1, -0.05) is 12.1 Å². The third kappa shape index (κ3) is 1.87. The Bertz CT molecular complexity index is 529. The van der Waals surface area contributed by atoms with Crippen LogP contribution in [0.1, 0.15) is 12.1 Å². The molecule has 0 saturated heterocycles. The van der Waals surface area contributed by atoms with Gasteiger partial charge in [-0.25, -0.2) is 13.8 Å². The molecule has 1 N–H and O–H groups in total. The van der Waals surface area contributed by atoms with Crippen molar-refractivity contribution in [2.45, 2.75) is 6.43 Å². The number of nitrogens with zero attached hydrogens (tertiary/aromatic N) is 1. The Morgan fingerprint density at radius 2 is 2.12 bits per heavy atom. The van der Waals surface area contributed by atoms with Gasteiger partial charge in [-0.3, -0.25) is 0 Å². The highest BCUT2D eigenvalue weighted by atomic mass is 79.9. The van der Waals surface area contributed by atoms with Crippen LogP contribution in [-0.4, -0.2) is 12.0 Å². The number of hydrogen-bond donors (Lipinski definition) is 1. The standard InChI is InChI=1S/C11H9BrF2N2/c1-15-8-5-9(11(13)14)16-10-6(8)3-2-4-7(10)12/h2-5,11H,1H3,(H,15,16). The van der Waals surface area contributed by atoms with E-state index in [1.165, 1.54) is 6.07 Å². The molecule has 16 heavy (non-hydrogen) atoms. The van der Waals surface area contributed by atoms with Gasteiger partial charge in [0, 0.05) is 22.6 Å². The molecule has 84 valence electrons. The Hall–Kier alpha value is -1.23. The van der Waals surface area contributed by atoms with Crippen LogP contribution in [0.2, 0.25) is 0 Å². The predicted octanol–water partition coefficient (Wildman–Crippen LogP) is 3.98. The zero-order valence-electron chi connectivity index (χ0n) is 8.47. The van der Waals surface area contributed by atoms with Gasteiger partial charge in [-0.15, -0.1) is 0 Å². The van der Waals surface area contributed by atoms with Gasteiger partial charge in [-0.05, 0) is 28.1 Å². The third-order valence-corrected chi connectivity index (χ3v) is 2.94. The number of aromatic nitrogens is 1. The maximum absolute atomic E-state index is 12.6. The summed E-state index contributed by atoms with van der Waals surface area (Å²) < 4.78 is 26.0. The molecular formula is C11H9BrF2N2. The first-order valence-corrected chi connectivity index (χ1v) is 5.48. The normalized spacial score (nSPS) is 11.1. The van der Waals surface area contributed by atoms with E-state index < -0.39 is 6.43 Å². The lowest BCUT2D eigenvalue weighted by Gasteiger charge is -2.09. The summed E-state index contributed by atoms with van der Waals surface area (Å²) in [6.45, 7) is 0. The summed E-state index contributed by atoms with van der Waals surface area (Å²) >= 11 is 3.31. The third-order valence-electron chi connectivity index (χ3n) is 2.30. The summed E-state index contributed by atoms with van der Waals surface area (Å²) in [6.07, 6.45) is -2.57. The molecule has 0 atom stereocenters. The maximum atomic E-state index is 12.6. The molecular weight excluding hydrogens is 278 g/mol. The van der Waals surface area contributed by atoms with E-state index in [-0.39, 0.29) is 5.69 Å². The Balaban J connectivity index is 2.79. The molecule has 0 radical (unpaired) electrons. The number of rotatable bonds is 2. The van der Waals surface area contributed by atoms with Crippen LogP contribution in [0.15, 0.2) is 28.7 Å². The average Bonchev–Trinajstić information content (AvgIpc) is 2.28. The number of fused-ring (bicyclic) bond motifs is 1. The highest BCUT2D eigenvalue weighted by Crippen LogP contribution is 2.31. The summed E-state index contributed by atoms with van der Waals surface area (Å²) in [4.78, 5) is 3.95. The molecule has 0 aliphatic rings. The Morgan fingerprint density at radius 3 is 2.75 bits per heavy atom. The van der Waals surface area contributed by atoms with E-state index >= 15 is 0 Å². The molecule has 2 nitrogen and oxygen atoms in total. The van der Waals surface area contributed by atoms with E-state index in [1.807, 2.05) is 12.1 Å². The van der Waals surface area contributed by atoms with E-state index in [0.717, 1.165) is 5.39 Å². The van der Waals surface area contributed by atoms with E-state index in [2.05, 4.69) is 26.2 Å². The van der Waals surface area contributed by atoms with Crippen molar-refractivity contribution >= 4 is 32.5 Å². The van der Waals surface area contributed by atoms with Crippen LogP contribution in [0, 0.1) is 0 Å². The molecule has 1 aromatic heterocycles. The van der Waals surface area contributed by atoms with Crippen molar-refractivity contribution in [3.8, 4) is 0 Å². The average molecular weight is 287 g/mol. The summed E-state index contributed by atoms with van der Waals surface area (Å²) in [5, 5.41) is 3.72. The highest BCUT2D eigenvalue weighted by Gasteiger charge is 2.13. The van der Waals surface area contributed by atoms with Crippen LogP contribution in [0.25, 0.3) is 10.9 Å². The SMILES string of the molecule is CNc1cc(C(F)F)nc2c(Br)cccc12. The van der Waals surface area contributed by atoms with E-state index in [0.29, 0.717) is 15.7 Å². The van der Waals surface area contributed by atoms with Gasteiger partial charge in [0.1, 0.15) is 5.69 Å². The molecule has 0 aliphatic heterocycles. The number of benzene rings is 1. The van der Waals surface area contributed by atoms with Crippen LogP contribution >= 0.6 is 15.9 Å². The fourth-order valence-electron chi connectivity index (χ4n) is 1.55.